The van der Waals surface area contributed by atoms with Gasteiger partial charge in [-0.3, -0.25) is 10.1 Å². The van der Waals surface area contributed by atoms with Gasteiger partial charge in [0.2, 0.25) is 0 Å². The van der Waals surface area contributed by atoms with Crippen molar-refractivity contribution in [3.8, 4) is 22.5 Å². The van der Waals surface area contributed by atoms with Gasteiger partial charge in [0.25, 0.3) is 0 Å². The lowest BCUT2D eigenvalue weighted by Crippen LogP contribution is -1.86. The Morgan fingerprint density at radius 1 is 0.900 bits per heavy atom. The van der Waals surface area contributed by atoms with Crippen molar-refractivity contribution in [3.05, 3.63) is 60.4 Å². The number of aromatic amines is 1. The first-order chi connectivity index (χ1) is 9.74. The average molecular weight is 263 g/mol. The van der Waals surface area contributed by atoms with Gasteiger partial charge in [0.1, 0.15) is 0 Å². The Labute approximate surface area is 118 Å². The number of aromatic nitrogens is 3. The van der Waals surface area contributed by atoms with E-state index in [1.807, 2.05) is 12.1 Å². The van der Waals surface area contributed by atoms with E-state index in [-0.39, 0.29) is 0 Å². The molecule has 20 heavy (non-hydrogen) atoms. The predicted octanol–water partition coefficient (Wildman–Crippen LogP) is 4.26. The molecule has 0 aliphatic heterocycles. The van der Waals surface area contributed by atoms with Crippen LogP contribution in [0.1, 0.15) is 25.3 Å². The van der Waals surface area contributed by atoms with E-state index in [9.17, 15) is 0 Å². The third-order valence-electron chi connectivity index (χ3n) is 3.44. The molecule has 1 aromatic carbocycles. The van der Waals surface area contributed by atoms with E-state index < -0.39 is 0 Å². The second-order valence-electron chi connectivity index (χ2n) is 5.18. The summed E-state index contributed by atoms with van der Waals surface area (Å²) in [5, 5.41) is 7.47. The minimum absolute atomic E-state index is 0.551. The summed E-state index contributed by atoms with van der Waals surface area (Å²) in [6.45, 7) is 4.40. The second-order valence-corrected chi connectivity index (χ2v) is 5.18. The van der Waals surface area contributed by atoms with E-state index in [0.717, 1.165) is 22.5 Å². The Morgan fingerprint density at radius 3 is 2.25 bits per heavy atom. The van der Waals surface area contributed by atoms with E-state index in [0.29, 0.717) is 5.92 Å². The average Bonchev–Trinajstić information content (AvgIpc) is 2.98. The smallest absolute Gasteiger partial charge is 0.0927 e. The van der Waals surface area contributed by atoms with Crippen LogP contribution < -0.4 is 0 Å². The minimum atomic E-state index is 0.551. The fraction of sp³-hybridized carbons (Fsp3) is 0.176. The molecule has 0 spiro atoms. The molecule has 0 radical (unpaired) electrons. The van der Waals surface area contributed by atoms with E-state index in [1.165, 1.54) is 5.56 Å². The lowest BCUT2D eigenvalue weighted by Gasteiger charge is -2.05. The van der Waals surface area contributed by atoms with Gasteiger partial charge in [0, 0.05) is 23.5 Å². The van der Waals surface area contributed by atoms with Gasteiger partial charge in [0.15, 0.2) is 0 Å². The number of nitrogens with zero attached hydrogens (tertiary/aromatic N) is 2. The molecular formula is C17H17N3. The maximum atomic E-state index is 4.39. The van der Waals surface area contributed by atoms with Gasteiger partial charge in [-0.15, -0.1) is 0 Å². The first-order valence-corrected chi connectivity index (χ1v) is 6.80. The highest BCUT2D eigenvalue weighted by Gasteiger charge is 2.06. The van der Waals surface area contributed by atoms with Crippen molar-refractivity contribution in [2.75, 3.05) is 0 Å². The van der Waals surface area contributed by atoms with E-state index in [4.69, 9.17) is 0 Å². The Kier molecular flexibility index (Phi) is 3.33. The van der Waals surface area contributed by atoms with Crippen LogP contribution in [0.2, 0.25) is 0 Å². The molecule has 0 saturated carbocycles. The molecular weight excluding hydrogens is 246 g/mol. The van der Waals surface area contributed by atoms with Crippen molar-refractivity contribution in [2.24, 2.45) is 0 Å². The van der Waals surface area contributed by atoms with Crippen molar-refractivity contribution in [1.82, 2.24) is 15.2 Å². The molecule has 100 valence electrons. The Hall–Kier alpha value is -2.42. The summed E-state index contributed by atoms with van der Waals surface area (Å²) >= 11 is 0. The highest BCUT2D eigenvalue weighted by atomic mass is 15.1. The molecule has 0 atom stereocenters. The molecule has 2 heterocycles. The Morgan fingerprint density at radius 2 is 1.60 bits per heavy atom. The third-order valence-corrected chi connectivity index (χ3v) is 3.44. The summed E-state index contributed by atoms with van der Waals surface area (Å²) in [5.41, 5.74) is 5.55. The number of nitrogens with one attached hydrogen (secondary N) is 1. The van der Waals surface area contributed by atoms with Crippen LogP contribution in [0.5, 0.6) is 0 Å². The molecule has 3 aromatic rings. The van der Waals surface area contributed by atoms with Crippen LogP contribution >= 0.6 is 0 Å². The van der Waals surface area contributed by atoms with Crippen molar-refractivity contribution in [3.63, 3.8) is 0 Å². The van der Waals surface area contributed by atoms with E-state index in [2.05, 4.69) is 59.4 Å². The van der Waals surface area contributed by atoms with Gasteiger partial charge in [0.05, 0.1) is 11.4 Å². The van der Waals surface area contributed by atoms with Crippen molar-refractivity contribution >= 4 is 0 Å². The molecule has 0 amide bonds. The van der Waals surface area contributed by atoms with Crippen molar-refractivity contribution in [2.45, 2.75) is 19.8 Å². The van der Waals surface area contributed by atoms with Crippen LogP contribution in [0.3, 0.4) is 0 Å². The maximum absolute atomic E-state index is 4.39. The monoisotopic (exact) mass is 263 g/mol. The van der Waals surface area contributed by atoms with E-state index in [1.54, 1.807) is 12.4 Å². The van der Waals surface area contributed by atoms with Gasteiger partial charge in [-0.05, 0) is 29.7 Å². The van der Waals surface area contributed by atoms with Gasteiger partial charge < -0.3 is 0 Å². The third kappa shape index (κ3) is 2.48. The van der Waals surface area contributed by atoms with Crippen LogP contribution in [0.4, 0.5) is 0 Å². The molecule has 0 aliphatic carbocycles. The zero-order valence-corrected chi connectivity index (χ0v) is 11.7. The molecule has 2 aromatic heterocycles. The number of hydrogen-bond donors (Lipinski definition) is 1. The summed E-state index contributed by atoms with van der Waals surface area (Å²) < 4.78 is 0. The Bertz CT molecular complexity index is 682. The highest BCUT2D eigenvalue weighted by molar-refractivity contribution is 5.67. The van der Waals surface area contributed by atoms with Crippen LogP contribution in [-0.2, 0) is 0 Å². The molecule has 0 unspecified atom stereocenters. The van der Waals surface area contributed by atoms with E-state index >= 15 is 0 Å². The van der Waals surface area contributed by atoms with Gasteiger partial charge in [-0.2, -0.15) is 5.10 Å². The standard InChI is InChI=1S/C17H17N3/c1-12(2)13-3-5-14(6-4-13)16-11-17(20-19-16)15-7-9-18-10-8-15/h3-12H,1-2H3,(H,19,20). The fourth-order valence-corrected chi connectivity index (χ4v) is 2.19. The van der Waals surface area contributed by atoms with Crippen LogP contribution in [-0.4, -0.2) is 15.2 Å². The SMILES string of the molecule is CC(C)c1ccc(-c2cc(-c3ccncc3)[nH]n2)cc1. The summed E-state index contributed by atoms with van der Waals surface area (Å²) in [5.74, 6) is 0.551. The van der Waals surface area contributed by atoms with Crippen molar-refractivity contribution < 1.29 is 0 Å². The van der Waals surface area contributed by atoms with Crippen LogP contribution in [0.15, 0.2) is 54.9 Å². The van der Waals surface area contributed by atoms with Crippen LogP contribution in [0.25, 0.3) is 22.5 Å². The zero-order chi connectivity index (χ0) is 13.9. The molecule has 1 N–H and O–H groups in total. The summed E-state index contributed by atoms with van der Waals surface area (Å²) in [4.78, 5) is 4.03. The molecule has 3 nitrogen and oxygen atoms in total. The van der Waals surface area contributed by atoms with Gasteiger partial charge >= 0.3 is 0 Å². The minimum Gasteiger partial charge on any atom is -0.277 e. The summed E-state index contributed by atoms with van der Waals surface area (Å²) in [6.07, 6.45) is 3.57. The Balaban J connectivity index is 1.90. The number of benzene rings is 1. The topological polar surface area (TPSA) is 41.6 Å². The fourth-order valence-electron chi connectivity index (χ4n) is 2.19. The molecule has 0 bridgehead atoms. The molecule has 3 heteroatoms. The van der Waals surface area contributed by atoms with Gasteiger partial charge in [-0.1, -0.05) is 38.1 Å². The predicted molar refractivity (Wildman–Crippen MR) is 81.3 cm³/mol. The number of pyridine rings is 1. The quantitative estimate of drug-likeness (QED) is 0.767. The summed E-state index contributed by atoms with van der Waals surface area (Å²) in [7, 11) is 0. The first kappa shape index (κ1) is 12.6. The zero-order valence-electron chi connectivity index (χ0n) is 11.7. The molecule has 0 saturated heterocycles. The second kappa shape index (κ2) is 5.29. The van der Waals surface area contributed by atoms with Crippen molar-refractivity contribution in [1.29, 1.82) is 0 Å². The molecule has 0 fully saturated rings. The lowest BCUT2D eigenvalue weighted by molar-refractivity contribution is 0.867. The number of H-pyrrole nitrogens is 1. The maximum Gasteiger partial charge on any atom is 0.0927 e. The number of rotatable bonds is 3. The van der Waals surface area contributed by atoms with Crippen LogP contribution in [0, 0.1) is 0 Å². The summed E-state index contributed by atoms with van der Waals surface area (Å²) in [6, 6.07) is 14.6. The number of hydrogen-bond acceptors (Lipinski definition) is 2. The first-order valence-electron chi connectivity index (χ1n) is 6.80. The lowest BCUT2D eigenvalue weighted by atomic mass is 10.0. The van der Waals surface area contributed by atoms with Gasteiger partial charge in [-0.25, -0.2) is 0 Å². The molecule has 3 rings (SSSR count). The molecule has 0 aliphatic rings. The highest BCUT2D eigenvalue weighted by Crippen LogP contribution is 2.25. The largest absolute Gasteiger partial charge is 0.277 e. The normalized spacial score (nSPS) is 10.9.